The van der Waals surface area contributed by atoms with E-state index in [1.807, 2.05) is 0 Å². The third-order valence-electron chi connectivity index (χ3n) is 3.95. The SMILES string of the molecule is CC[C@H](NC(=O)[C@@H]1CCCO1)[C@H](O)c1ccc(C(F)(F)F)cc1. The van der Waals surface area contributed by atoms with Gasteiger partial charge in [0.05, 0.1) is 17.7 Å². The van der Waals surface area contributed by atoms with Crippen molar-refractivity contribution in [1.29, 1.82) is 0 Å². The summed E-state index contributed by atoms with van der Waals surface area (Å²) in [5.74, 6) is -0.291. The van der Waals surface area contributed by atoms with E-state index >= 15 is 0 Å². The molecule has 0 aromatic heterocycles. The first-order chi connectivity index (χ1) is 10.8. The summed E-state index contributed by atoms with van der Waals surface area (Å²) in [6.07, 6.45) is -4.10. The van der Waals surface area contributed by atoms with E-state index in [1.165, 1.54) is 12.1 Å². The van der Waals surface area contributed by atoms with Crippen LogP contribution in [0, 0.1) is 0 Å². The molecule has 1 aliphatic rings. The Bertz CT molecular complexity index is 524. The normalized spacial score (nSPS) is 21.0. The molecule has 1 amide bonds. The van der Waals surface area contributed by atoms with Gasteiger partial charge in [-0.05, 0) is 37.0 Å². The Morgan fingerprint density at radius 2 is 2.04 bits per heavy atom. The van der Waals surface area contributed by atoms with E-state index in [9.17, 15) is 23.1 Å². The zero-order chi connectivity index (χ0) is 17.0. The summed E-state index contributed by atoms with van der Waals surface area (Å²) in [7, 11) is 0. The minimum Gasteiger partial charge on any atom is -0.386 e. The Hall–Kier alpha value is -1.60. The van der Waals surface area contributed by atoms with Crippen molar-refractivity contribution in [3.05, 3.63) is 35.4 Å². The minimum atomic E-state index is -4.42. The quantitative estimate of drug-likeness (QED) is 0.872. The highest BCUT2D eigenvalue weighted by molar-refractivity contribution is 5.81. The van der Waals surface area contributed by atoms with Gasteiger partial charge >= 0.3 is 6.18 Å². The van der Waals surface area contributed by atoms with E-state index < -0.39 is 30.0 Å². The van der Waals surface area contributed by atoms with E-state index in [-0.39, 0.29) is 5.91 Å². The second kappa shape index (κ2) is 7.31. The highest BCUT2D eigenvalue weighted by atomic mass is 19.4. The number of carbonyl (C=O) groups excluding carboxylic acids is 1. The predicted octanol–water partition coefficient (Wildman–Crippen LogP) is 2.81. The van der Waals surface area contributed by atoms with Crippen molar-refractivity contribution >= 4 is 5.91 Å². The van der Waals surface area contributed by atoms with E-state index in [4.69, 9.17) is 4.74 Å². The van der Waals surface area contributed by atoms with Crippen LogP contribution >= 0.6 is 0 Å². The average molecular weight is 331 g/mol. The summed E-state index contributed by atoms with van der Waals surface area (Å²) in [6.45, 7) is 2.32. The van der Waals surface area contributed by atoms with Crippen molar-refractivity contribution in [3.8, 4) is 0 Å². The fourth-order valence-corrected chi connectivity index (χ4v) is 2.57. The highest BCUT2D eigenvalue weighted by Crippen LogP contribution is 2.30. The molecule has 0 bridgehead atoms. The Balaban J connectivity index is 2.03. The fourth-order valence-electron chi connectivity index (χ4n) is 2.57. The Morgan fingerprint density at radius 1 is 1.39 bits per heavy atom. The third-order valence-corrected chi connectivity index (χ3v) is 3.95. The second-order valence-corrected chi connectivity index (χ2v) is 5.59. The molecule has 4 nitrogen and oxygen atoms in total. The number of halogens is 3. The first-order valence-electron chi connectivity index (χ1n) is 7.60. The number of benzene rings is 1. The smallest absolute Gasteiger partial charge is 0.386 e. The van der Waals surface area contributed by atoms with Crippen molar-refractivity contribution in [2.75, 3.05) is 6.61 Å². The lowest BCUT2D eigenvalue weighted by Gasteiger charge is -2.25. The van der Waals surface area contributed by atoms with Crippen LogP contribution in [0.25, 0.3) is 0 Å². The Morgan fingerprint density at radius 3 is 2.52 bits per heavy atom. The molecule has 1 aromatic rings. The molecule has 0 unspecified atom stereocenters. The number of carbonyl (C=O) groups is 1. The Labute approximate surface area is 132 Å². The molecule has 128 valence electrons. The van der Waals surface area contributed by atoms with Crippen molar-refractivity contribution in [1.82, 2.24) is 5.32 Å². The Kier molecular flexibility index (Phi) is 5.64. The molecule has 0 spiro atoms. The minimum absolute atomic E-state index is 0.291. The third kappa shape index (κ3) is 4.45. The van der Waals surface area contributed by atoms with E-state index in [0.29, 0.717) is 25.0 Å². The lowest BCUT2D eigenvalue weighted by atomic mass is 9.98. The zero-order valence-electron chi connectivity index (χ0n) is 12.8. The molecule has 2 N–H and O–H groups in total. The van der Waals surface area contributed by atoms with Crippen LogP contribution in [0.1, 0.15) is 43.4 Å². The van der Waals surface area contributed by atoms with Crippen molar-refractivity contribution in [3.63, 3.8) is 0 Å². The number of aliphatic hydroxyl groups is 1. The molecule has 2 rings (SSSR count). The molecule has 0 aliphatic carbocycles. The van der Waals surface area contributed by atoms with Crippen LogP contribution in [0.2, 0.25) is 0 Å². The number of nitrogens with one attached hydrogen (secondary N) is 1. The zero-order valence-corrected chi connectivity index (χ0v) is 12.8. The monoisotopic (exact) mass is 331 g/mol. The van der Waals surface area contributed by atoms with E-state index in [2.05, 4.69) is 5.32 Å². The largest absolute Gasteiger partial charge is 0.416 e. The molecule has 23 heavy (non-hydrogen) atoms. The molecule has 0 saturated carbocycles. The van der Waals surface area contributed by atoms with Gasteiger partial charge in [-0.15, -0.1) is 0 Å². The maximum absolute atomic E-state index is 12.6. The molecule has 3 atom stereocenters. The maximum Gasteiger partial charge on any atom is 0.416 e. The number of aliphatic hydroxyl groups excluding tert-OH is 1. The molecular weight excluding hydrogens is 311 g/mol. The van der Waals surface area contributed by atoms with Gasteiger partial charge in [0, 0.05) is 6.61 Å². The topological polar surface area (TPSA) is 58.6 Å². The van der Waals surface area contributed by atoms with Crippen molar-refractivity contribution in [2.45, 2.75) is 50.6 Å². The molecule has 1 aliphatic heterocycles. The molecule has 0 radical (unpaired) electrons. The van der Waals surface area contributed by atoms with Crippen LogP contribution in [0.15, 0.2) is 24.3 Å². The van der Waals surface area contributed by atoms with Gasteiger partial charge < -0.3 is 15.2 Å². The maximum atomic E-state index is 12.6. The van der Waals surface area contributed by atoms with Gasteiger partial charge in [0.15, 0.2) is 0 Å². The van der Waals surface area contributed by atoms with Crippen LogP contribution in [-0.4, -0.2) is 29.8 Å². The summed E-state index contributed by atoms with van der Waals surface area (Å²) in [4.78, 5) is 12.0. The van der Waals surface area contributed by atoms with Gasteiger partial charge in [0.2, 0.25) is 5.91 Å². The standard InChI is InChI=1S/C16H20F3NO3/c1-2-12(20-15(22)13-4-3-9-23-13)14(21)10-5-7-11(8-6-10)16(17,18)19/h5-8,12-14,21H,2-4,9H2,1H3,(H,20,22)/t12-,13-,14+/m0/s1. The molecule has 1 saturated heterocycles. The lowest BCUT2D eigenvalue weighted by molar-refractivity contribution is -0.137. The number of hydrogen-bond donors (Lipinski definition) is 2. The van der Waals surface area contributed by atoms with Crippen molar-refractivity contribution < 1.29 is 27.8 Å². The lowest BCUT2D eigenvalue weighted by Crippen LogP contribution is -2.43. The van der Waals surface area contributed by atoms with Crippen LogP contribution in [-0.2, 0) is 15.7 Å². The van der Waals surface area contributed by atoms with Crippen LogP contribution < -0.4 is 5.32 Å². The van der Waals surface area contributed by atoms with Crippen LogP contribution in [0.4, 0.5) is 13.2 Å². The number of amides is 1. The van der Waals surface area contributed by atoms with Crippen LogP contribution in [0.3, 0.4) is 0 Å². The predicted molar refractivity (Wildman–Crippen MR) is 77.6 cm³/mol. The number of ether oxygens (including phenoxy) is 1. The summed E-state index contributed by atoms with van der Waals surface area (Å²) in [5.41, 5.74) is -0.442. The van der Waals surface area contributed by atoms with E-state index in [0.717, 1.165) is 18.6 Å². The molecule has 1 heterocycles. The molecule has 7 heteroatoms. The number of alkyl halides is 3. The first-order valence-corrected chi connectivity index (χ1v) is 7.60. The van der Waals surface area contributed by atoms with Gasteiger partial charge in [-0.2, -0.15) is 13.2 Å². The molecular formula is C16H20F3NO3. The van der Waals surface area contributed by atoms with E-state index in [1.54, 1.807) is 6.92 Å². The number of hydrogen-bond acceptors (Lipinski definition) is 3. The first kappa shape index (κ1) is 17.7. The summed E-state index contributed by atoms with van der Waals surface area (Å²) in [5, 5.41) is 13.0. The second-order valence-electron chi connectivity index (χ2n) is 5.59. The summed E-state index contributed by atoms with van der Waals surface area (Å²) < 4.78 is 43.0. The molecule has 1 aromatic carbocycles. The van der Waals surface area contributed by atoms with Gasteiger partial charge in [0.25, 0.3) is 0 Å². The summed E-state index contributed by atoms with van der Waals surface area (Å²) in [6, 6.07) is 3.73. The number of rotatable bonds is 5. The van der Waals surface area contributed by atoms with Crippen molar-refractivity contribution in [2.24, 2.45) is 0 Å². The van der Waals surface area contributed by atoms with Gasteiger partial charge in [-0.3, -0.25) is 4.79 Å². The highest BCUT2D eigenvalue weighted by Gasteiger charge is 2.31. The average Bonchev–Trinajstić information content (AvgIpc) is 3.05. The molecule has 1 fully saturated rings. The fraction of sp³-hybridized carbons (Fsp3) is 0.562. The van der Waals surface area contributed by atoms with Gasteiger partial charge in [-0.1, -0.05) is 19.1 Å². The van der Waals surface area contributed by atoms with Gasteiger partial charge in [-0.25, -0.2) is 0 Å². The van der Waals surface area contributed by atoms with Gasteiger partial charge in [0.1, 0.15) is 6.10 Å². The summed E-state index contributed by atoms with van der Waals surface area (Å²) >= 11 is 0. The van der Waals surface area contributed by atoms with Crippen LogP contribution in [0.5, 0.6) is 0 Å².